The van der Waals surface area contributed by atoms with Gasteiger partial charge in [0, 0.05) is 6.54 Å². The van der Waals surface area contributed by atoms with Gasteiger partial charge in [0.2, 0.25) is 0 Å². The van der Waals surface area contributed by atoms with Crippen molar-refractivity contribution in [1.29, 1.82) is 0 Å². The second-order valence-electron chi connectivity index (χ2n) is 7.68. The summed E-state index contributed by atoms with van der Waals surface area (Å²) < 4.78 is 8.14. The summed E-state index contributed by atoms with van der Waals surface area (Å²) in [6, 6.07) is 23.9. The molecule has 1 unspecified atom stereocenters. The lowest BCUT2D eigenvalue weighted by Crippen LogP contribution is -2.11. The zero-order valence-electron chi connectivity index (χ0n) is 17.6. The van der Waals surface area contributed by atoms with Crippen LogP contribution >= 0.6 is 0 Å². The summed E-state index contributed by atoms with van der Waals surface area (Å²) in [6.45, 7) is 5.66. The largest absolute Gasteiger partial charge is 0.493 e. The first-order valence-electron chi connectivity index (χ1n) is 10.5. The molecule has 0 aliphatic carbocycles. The lowest BCUT2D eigenvalue weighted by molar-refractivity contribution is 0.204. The fraction of sp³-hybridized carbons (Fsp3) is 0.269. The Morgan fingerprint density at radius 3 is 2.50 bits per heavy atom. The molecule has 0 aliphatic heterocycles. The lowest BCUT2D eigenvalue weighted by Gasteiger charge is -2.15. The Bertz CT molecular complexity index is 1120. The van der Waals surface area contributed by atoms with Gasteiger partial charge in [-0.2, -0.15) is 0 Å². The Morgan fingerprint density at radius 2 is 1.67 bits per heavy atom. The number of hydrogen-bond donors (Lipinski definition) is 1. The summed E-state index contributed by atoms with van der Waals surface area (Å²) in [5.41, 5.74) is 5.27. The number of fused-ring (bicyclic) bond motifs is 1. The number of para-hydroxylation sites is 2. The number of hydrogen-bond acceptors (Lipinski definition) is 3. The van der Waals surface area contributed by atoms with Crippen LogP contribution in [0, 0.1) is 13.8 Å². The van der Waals surface area contributed by atoms with Crippen LogP contribution in [0.15, 0.2) is 72.8 Å². The summed E-state index contributed by atoms with van der Waals surface area (Å²) in [5.74, 6) is 1.65. The van der Waals surface area contributed by atoms with Gasteiger partial charge >= 0.3 is 0 Å². The third-order valence-corrected chi connectivity index (χ3v) is 5.63. The van der Waals surface area contributed by atoms with E-state index < -0.39 is 6.10 Å². The molecule has 0 radical (unpaired) electrons. The SMILES string of the molecule is Cc1cccc(OCCCCn2c(C(O)c3ccccc3)nc3ccccc32)c1C. The van der Waals surface area contributed by atoms with Crippen LogP contribution in [-0.4, -0.2) is 21.3 Å². The fourth-order valence-electron chi connectivity index (χ4n) is 3.76. The van der Waals surface area contributed by atoms with E-state index in [1.807, 2.05) is 60.7 Å². The van der Waals surface area contributed by atoms with Gasteiger partial charge in [-0.3, -0.25) is 0 Å². The highest BCUT2D eigenvalue weighted by molar-refractivity contribution is 5.76. The average Bonchev–Trinajstić information content (AvgIpc) is 3.15. The molecule has 154 valence electrons. The molecule has 4 rings (SSSR count). The highest BCUT2D eigenvalue weighted by atomic mass is 16.5. The number of imidazole rings is 1. The third-order valence-electron chi connectivity index (χ3n) is 5.63. The van der Waals surface area contributed by atoms with Gasteiger partial charge in [0.05, 0.1) is 17.6 Å². The van der Waals surface area contributed by atoms with Gasteiger partial charge in [0.1, 0.15) is 17.7 Å². The molecule has 4 nitrogen and oxygen atoms in total. The number of ether oxygens (including phenoxy) is 1. The molecular formula is C26H28N2O2. The Labute approximate surface area is 177 Å². The monoisotopic (exact) mass is 400 g/mol. The van der Waals surface area contributed by atoms with E-state index in [0.29, 0.717) is 12.4 Å². The number of aliphatic hydroxyl groups excluding tert-OH is 1. The number of rotatable bonds is 8. The number of aromatic nitrogens is 2. The summed E-state index contributed by atoms with van der Waals surface area (Å²) in [5, 5.41) is 11.0. The van der Waals surface area contributed by atoms with E-state index in [1.165, 1.54) is 11.1 Å². The Hall–Kier alpha value is -3.11. The van der Waals surface area contributed by atoms with Crippen molar-refractivity contribution >= 4 is 11.0 Å². The third kappa shape index (κ3) is 4.24. The highest BCUT2D eigenvalue weighted by Gasteiger charge is 2.19. The van der Waals surface area contributed by atoms with E-state index in [-0.39, 0.29) is 0 Å². The predicted molar refractivity (Wildman–Crippen MR) is 121 cm³/mol. The number of aliphatic hydroxyl groups is 1. The van der Waals surface area contributed by atoms with Gasteiger partial charge in [-0.15, -0.1) is 0 Å². The number of nitrogens with zero attached hydrogens (tertiary/aromatic N) is 2. The van der Waals surface area contributed by atoms with Gasteiger partial charge < -0.3 is 14.4 Å². The molecule has 1 N–H and O–H groups in total. The Kier molecular flexibility index (Phi) is 6.15. The summed E-state index contributed by atoms with van der Waals surface area (Å²) in [7, 11) is 0. The average molecular weight is 401 g/mol. The van der Waals surface area contributed by atoms with Crippen molar-refractivity contribution in [3.63, 3.8) is 0 Å². The van der Waals surface area contributed by atoms with Gasteiger partial charge in [-0.1, -0.05) is 54.6 Å². The van der Waals surface area contributed by atoms with E-state index in [2.05, 4.69) is 30.5 Å². The van der Waals surface area contributed by atoms with E-state index in [1.54, 1.807) is 0 Å². The number of benzene rings is 3. The molecule has 4 heteroatoms. The minimum atomic E-state index is -0.746. The maximum Gasteiger partial charge on any atom is 0.143 e. The topological polar surface area (TPSA) is 47.3 Å². The van der Waals surface area contributed by atoms with Gasteiger partial charge in [-0.05, 0) is 61.6 Å². The second-order valence-corrected chi connectivity index (χ2v) is 7.68. The summed E-state index contributed by atoms with van der Waals surface area (Å²) >= 11 is 0. The van der Waals surface area contributed by atoms with Crippen molar-refractivity contribution in [2.24, 2.45) is 0 Å². The van der Waals surface area contributed by atoms with Crippen molar-refractivity contribution in [1.82, 2.24) is 9.55 Å². The van der Waals surface area contributed by atoms with Crippen LogP contribution in [0.4, 0.5) is 0 Å². The molecule has 1 heterocycles. The minimum absolute atomic E-state index is 0.674. The van der Waals surface area contributed by atoms with Crippen molar-refractivity contribution in [3.8, 4) is 5.75 Å². The normalized spacial score (nSPS) is 12.2. The Morgan fingerprint density at radius 1 is 0.900 bits per heavy atom. The first-order valence-corrected chi connectivity index (χ1v) is 10.5. The summed E-state index contributed by atoms with van der Waals surface area (Å²) in [6.07, 6.45) is 1.13. The molecule has 1 atom stereocenters. The number of aryl methyl sites for hydroxylation is 2. The van der Waals surface area contributed by atoms with Crippen molar-refractivity contribution in [2.45, 2.75) is 39.3 Å². The van der Waals surface area contributed by atoms with Gasteiger partial charge in [0.15, 0.2) is 0 Å². The first-order chi connectivity index (χ1) is 14.6. The molecular weight excluding hydrogens is 372 g/mol. The van der Waals surface area contributed by atoms with Crippen LogP contribution in [0.5, 0.6) is 5.75 Å². The van der Waals surface area contributed by atoms with Crippen LogP contribution in [0.3, 0.4) is 0 Å². The molecule has 30 heavy (non-hydrogen) atoms. The van der Waals surface area contributed by atoms with E-state index in [0.717, 1.165) is 41.7 Å². The fourth-order valence-corrected chi connectivity index (χ4v) is 3.76. The molecule has 0 spiro atoms. The molecule has 0 saturated heterocycles. The zero-order chi connectivity index (χ0) is 20.9. The minimum Gasteiger partial charge on any atom is -0.493 e. The van der Waals surface area contributed by atoms with Crippen LogP contribution < -0.4 is 4.74 Å². The van der Waals surface area contributed by atoms with Crippen molar-refractivity contribution in [2.75, 3.05) is 6.61 Å². The molecule has 0 bridgehead atoms. The van der Waals surface area contributed by atoms with Gasteiger partial charge in [-0.25, -0.2) is 4.98 Å². The first kappa shape index (κ1) is 20.2. The molecule has 0 aliphatic rings. The standard InChI is InChI=1S/C26H28N2O2/c1-19-11-10-16-24(20(19)2)30-18-9-8-17-28-23-15-7-6-14-22(23)27-26(28)25(29)21-12-4-3-5-13-21/h3-7,10-16,25,29H,8-9,17-18H2,1-2H3. The summed E-state index contributed by atoms with van der Waals surface area (Å²) in [4.78, 5) is 4.74. The molecule has 0 saturated carbocycles. The zero-order valence-corrected chi connectivity index (χ0v) is 17.6. The van der Waals surface area contributed by atoms with Crippen LogP contribution in [0.2, 0.25) is 0 Å². The lowest BCUT2D eigenvalue weighted by atomic mass is 10.1. The smallest absolute Gasteiger partial charge is 0.143 e. The molecule has 3 aromatic carbocycles. The maximum atomic E-state index is 11.0. The molecule has 0 amide bonds. The van der Waals surface area contributed by atoms with Crippen LogP contribution in [-0.2, 0) is 6.54 Å². The predicted octanol–water partition coefficient (Wildman–Crippen LogP) is 5.59. The van der Waals surface area contributed by atoms with Crippen molar-refractivity contribution < 1.29 is 9.84 Å². The quantitative estimate of drug-likeness (QED) is 0.392. The molecule has 0 fully saturated rings. The molecule has 1 aromatic heterocycles. The Balaban J connectivity index is 1.46. The van der Waals surface area contributed by atoms with E-state index in [4.69, 9.17) is 9.72 Å². The van der Waals surface area contributed by atoms with E-state index >= 15 is 0 Å². The van der Waals surface area contributed by atoms with Crippen LogP contribution in [0.1, 0.15) is 41.5 Å². The van der Waals surface area contributed by atoms with Crippen LogP contribution in [0.25, 0.3) is 11.0 Å². The van der Waals surface area contributed by atoms with E-state index in [9.17, 15) is 5.11 Å². The highest BCUT2D eigenvalue weighted by Crippen LogP contribution is 2.26. The second kappa shape index (κ2) is 9.14. The maximum absolute atomic E-state index is 11.0. The molecule has 4 aromatic rings. The number of unbranched alkanes of at least 4 members (excludes halogenated alkanes) is 1. The van der Waals surface area contributed by atoms with Crippen molar-refractivity contribution in [3.05, 3.63) is 95.3 Å². The van der Waals surface area contributed by atoms with Gasteiger partial charge in [0.25, 0.3) is 0 Å².